The highest BCUT2D eigenvalue weighted by Gasteiger charge is 2.24. The fourth-order valence-corrected chi connectivity index (χ4v) is 2.75. The Morgan fingerprint density at radius 1 is 1.38 bits per heavy atom. The Bertz CT molecular complexity index is 696. The Labute approximate surface area is 120 Å². The van der Waals surface area contributed by atoms with Crippen molar-refractivity contribution in [2.45, 2.75) is 19.1 Å². The molecule has 0 aliphatic carbocycles. The molecule has 1 fully saturated rings. The molecular weight excluding hydrogens is 273 g/mol. The molecule has 0 aromatic carbocycles. The van der Waals surface area contributed by atoms with E-state index in [4.69, 9.17) is 0 Å². The van der Waals surface area contributed by atoms with Crippen molar-refractivity contribution >= 4 is 11.7 Å². The number of carbonyl (C=O) groups excluding carboxylic acids is 1. The summed E-state index contributed by atoms with van der Waals surface area (Å²) in [4.78, 5) is 17.9. The molecule has 6 nitrogen and oxygen atoms in total. The molecule has 4 rings (SSSR count). The summed E-state index contributed by atoms with van der Waals surface area (Å²) in [6.45, 7) is 1.57. The number of amides is 1. The number of anilines is 1. The van der Waals surface area contributed by atoms with E-state index in [-0.39, 0.29) is 5.91 Å². The monoisotopic (exact) mass is 287 g/mol. The fraction of sp³-hybridized carbons (Fsp3) is 0.357. The third-order valence-corrected chi connectivity index (χ3v) is 3.90. The zero-order valence-electron chi connectivity index (χ0n) is 11.3. The van der Waals surface area contributed by atoms with Gasteiger partial charge in [-0.1, -0.05) is 0 Å². The Morgan fingerprint density at radius 3 is 2.95 bits per heavy atom. The third kappa shape index (κ3) is 2.05. The standard InChI is InChI=1S/C14H14FN5O/c15-9-3-4-19(7-9)13-2-1-10(5-16-13)20-8-11-12(18-20)6-17-14(11)21/h1-2,5,8-9H,3-4,6-7H2,(H,17,21)/t9-/m0/s1. The van der Waals surface area contributed by atoms with Crippen LogP contribution in [0.15, 0.2) is 24.5 Å². The van der Waals surface area contributed by atoms with Crippen molar-refractivity contribution in [3.63, 3.8) is 0 Å². The average molecular weight is 287 g/mol. The molecule has 0 bridgehead atoms. The molecule has 0 unspecified atom stereocenters. The van der Waals surface area contributed by atoms with Gasteiger partial charge >= 0.3 is 0 Å². The fourth-order valence-electron chi connectivity index (χ4n) is 2.75. The van der Waals surface area contributed by atoms with Gasteiger partial charge in [0.2, 0.25) is 0 Å². The van der Waals surface area contributed by atoms with Gasteiger partial charge in [0.05, 0.1) is 36.2 Å². The maximum Gasteiger partial charge on any atom is 0.255 e. The molecule has 1 N–H and O–H groups in total. The predicted octanol–water partition coefficient (Wildman–Crippen LogP) is 1.06. The number of hydrogen-bond acceptors (Lipinski definition) is 4. The van der Waals surface area contributed by atoms with Crippen molar-refractivity contribution in [2.24, 2.45) is 0 Å². The first-order valence-corrected chi connectivity index (χ1v) is 6.93. The molecule has 7 heteroatoms. The van der Waals surface area contributed by atoms with Gasteiger partial charge < -0.3 is 10.2 Å². The van der Waals surface area contributed by atoms with Crippen LogP contribution in [0.2, 0.25) is 0 Å². The first kappa shape index (κ1) is 12.3. The van der Waals surface area contributed by atoms with Crippen LogP contribution in [-0.4, -0.2) is 39.9 Å². The van der Waals surface area contributed by atoms with Crippen molar-refractivity contribution in [3.05, 3.63) is 35.8 Å². The number of carbonyl (C=O) groups is 1. The largest absolute Gasteiger partial charge is 0.354 e. The molecular formula is C14H14FN5O. The third-order valence-electron chi connectivity index (χ3n) is 3.90. The minimum Gasteiger partial charge on any atom is -0.354 e. The number of rotatable bonds is 2. The van der Waals surface area contributed by atoms with Gasteiger partial charge in [-0.15, -0.1) is 0 Å². The summed E-state index contributed by atoms with van der Waals surface area (Å²) < 4.78 is 14.9. The predicted molar refractivity (Wildman–Crippen MR) is 74.3 cm³/mol. The quantitative estimate of drug-likeness (QED) is 0.897. The van der Waals surface area contributed by atoms with Gasteiger partial charge in [-0.25, -0.2) is 14.1 Å². The number of alkyl halides is 1. The molecule has 1 saturated heterocycles. The average Bonchev–Trinajstić information content (AvgIpc) is 3.17. The van der Waals surface area contributed by atoms with E-state index in [0.29, 0.717) is 31.6 Å². The summed E-state index contributed by atoms with van der Waals surface area (Å²) in [5, 5.41) is 7.09. The molecule has 1 amide bonds. The van der Waals surface area contributed by atoms with E-state index in [0.717, 1.165) is 17.2 Å². The maximum absolute atomic E-state index is 13.2. The number of pyridine rings is 1. The number of hydrogen-bond donors (Lipinski definition) is 1. The summed E-state index contributed by atoms with van der Waals surface area (Å²) in [7, 11) is 0. The lowest BCUT2D eigenvalue weighted by Gasteiger charge is -2.16. The second kappa shape index (κ2) is 4.54. The molecule has 108 valence electrons. The molecule has 2 aromatic heterocycles. The number of halogens is 1. The lowest BCUT2D eigenvalue weighted by molar-refractivity contribution is 0.0965. The van der Waals surface area contributed by atoms with E-state index in [1.165, 1.54) is 0 Å². The molecule has 2 aliphatic heterocycles. The van der Waals surface area contributed by atoms with Crippen LogP contribution in [-0.2, 0) is 6.54 Å². The van der Waals surface area contributed by atoms with E-state index >= 15 is 0 Å². The molecule has 2 aromatic rings. The van der Waals surface area contributed by atoms with Crippen LogP contribution in [0.25, 0.3) is 5.69 Å². The van der Waals surface area contributed by atoms with E-state index in [2.05, 4.69) is 15.4 Å². The van der Waals surface area contributed by atoms with E-state index < -0.39 is 6.17 Å². The topological polar surface area (TPSA) is 63.1 Å². The second-order valence-corrected chi connectivity index (χ2v) is 5.32. The zero-order valence-corrected chi connectivity index (χ0v) is 11.3. The second-order valence-electron chi connectivity index (χ2n) is 5.32. The number of aromatic nitrogens is 3. The normalized spacial score (nSPS) is 20.7. The number of nitrogens with zero attached hydrogens (tertiary/aromatic N) is 4. The van der Waals surface area contributed by atoms with Crippen LogP contribution >= 0.6 is 0 Å². The summed E-state index contributed by atoms with van der Waals surface area (Å²) >= 11 is 0. The van der Waals surface area contributed by atoms with Crippen LogP contribution in [0.1, 0.15) is 22.5 Å². The molecule has 2 aliphatic rings. The Morgan fingerprint density at radius 2 is 2.29 bits per heavy atom. The van der Waals surface area contributed by atoms with Gasteiger partial charge in [0.25, 0.3) is 5.91 Å². The first-order valence-electron chi connectivity index (χ1n) is 6.93. The molecule has 1 atom stereocenters. The Kier molecular flexibility index (Phi) is 2.66. The van der Waals surface area contributed by atoms with E-state index in [1.807, 2.05) is 17.0 Å². The maximum atomic E-state index is 13.2. The van der Waals surface area contributed by atoms with Crippen LogP contribution in [0.3, 0.4) is 0 Å². The van der Waals surface area contributed by atoms with Gasteiger partial charge in [0.15, 0.2) is 0 Å². The van der Waals surface area contributed by atoms with Crippen molar-refractivity contribution < 1.29 is 9.18 Å². The molecule has 21 heavy (non-hydrogen) atoms. The van der Waals surface area contributed by atoms with Crippen LogP contribution < -0.4 is 10.2 Å². The van der Waals surface area contributed by atoms with Gasteiger partial charge in [-0.05, 0) is 18.6 Å². The van der Waals surface area contributed by atoms with Crippen molar-refractivity contribution in [3.8, 4) is 5.69 Å². The molecule has 0 spiro atoms. The van der Waals surface area contributed by atoms with Crippen molar-refractivity contribution in [2.75, 3.05) is 18.0 Å². The van der Waals surface area contributed by atoms with Crippen molar-refractivity contribution in [1.82, 2.24) is 20.1 Å². The zero-order chi connectivity index (χ0) is 14.4. The minimum absolute atomic E-state index is 0.0908. The Balaban J connectivity index is 1.59. The highest BCUT2D eigenvalue weighted by molar-refractivity contribution is 5.97. The van der Waals surface area contributed by atoms with E-state index in [9.17, 15) is 9.18 Å². The van der Waals surface area contributed by atoms with Crippen LogP contribution in [0.5, 0.6) is 0 Å². The summed E-state index contributed by atoms with van der Waals surface area (Å²) in [6, 6.07) is 3.74. The van der Waals surface area contributed by atoms with Gasteiger partial charge in [-0.2, -0.15) is 5.10 Å². The SMILES string of the molecule is O=C1NCc2nn(-c3ccc(N4CC[C@H](F)C4)nc3)cc21. The molecule has 0 saturated carbocycles. The summed E-state index contributed by atoms with van der Waals surface area (Å²) in [5.74, 6) is 0.684. The van der Waals surface area contributed by atoms with E-state index in [1.54, 1.807) is 17.1 Å². The lowest BCUT2D eigenvalue weighted by Crippen LogP contribution is -2.21. The highest BCUT2D eigenvalue weighted by atomic mass is 19.1. The van der Waals surface area contributed by atoms with Gasteiger partial charge in [0, 0.05) is 12.7 Å². The molecule has 4 heterocycles. The lowest BCUT2D eigenvalue weighted by atomic mass is 10.3. The highest BCUT2D eigenvalue weighted by Crippen LogP contribution is 2.21. The van der Waals surface area contributed by atoms with Gasteiger partial charge in [-0.3, -0.25) is 4.79 Å². The summed E-state index contributed by atoms with van der Waals surface area (Å²) in [6.07, 6.45) is 3.20. The number of nitrogens with one attached hydrogen (secondary N) is 1. The van der Waals surface area contributed by atoms with Gasteiger partial charge in [0.1, 0.15) is 12.0 Å². The van der Waals surface area contributed by atoms with Crippen LogP contribution in [0, 0.1) is 0 Å². The first-order chi connectivity index (χ1) is 10.2. The smallest absolute Gasteiger partial charge is 0.255 e. The molecule has 0 radical (unpaired) electrons. The minimum atomic E-state index is -0.765. The number of fused-ring (bicyclic) bond motifs is 1. The van der Waals surface area contributed by atoms with Crippen molar-refractivity contribution in [1.29, 1.82) is 0 Å². The summed E-state index contributed by atoms with van der Waals surface area (Å²) in [5.41, 5.74) is 2.15. The Hall–Kier alpha value is -2.44. The van der Waals surface area contributed by atoms with Crippen LogP contribution in [0.4, 0.5) is 10.2 Å².